The average Bonchev–Trinajstić information content (AvgIpc) is 2.95. The minimum absolute atomic E-state index is 0.163. The van der Waals surface area contributed by atoms with Crippen molar-refractivity contribution in [2.24, 2.45) is 11.7 Å². The van der Waals surface area contributed by atoms with E-state index in [4.69, 9.17) is 15.0 Å². The van der Waals surface area contributed by atoms with Crippen LogP contribution in [0.4, 0.5) is 0 Å². The fraction of sp³-hybridized carbons (Fsp3) is 0.467. The van der Waals surface area contributed by atoms with Crippen LogP contribution < -0.4 is 10.5 Å². The lowest BCUT2D eigenvalue weighted by Gasteiger charge is -2.22. The van der Waals surface area contributed by atoms with Gasteiger partial charge in [0.15, 0.2) is 5.82 Å². The zero-order valence-corrected chi connectivity index (χ0v) is 11.6. The molecule has 2 aromatic rings. The molecule has 2 unspecified atom stereocenters. The lowest BCUT2D eigenvalue weighted by atomic mass is 9.96. The first-order valence-corrected chi connectivity index (χ1v) is 6.99. The van der Waals surface area contributed by atoms with Crippen molar-refractivity contribution in [3.63, 3.8) is 0 Å². The summed E-state index contributed by atoms with van der Waals surface area (Å²) < 4.78 is 11.1. The molecule has 0 amide bonds. The van der Waals surface area contributed by atoms with Crippen LogP contribution in [0.3, 0.4) is 0 Å². The second kappa shape index (κ2) is 5.63. The van der Waals surface area contributed by atoms with Gasteiger partial charge >= 0.3 is 0 Å². The van der Waals surface area contributed by atoms with Gasteiger partial charge in [0.2, 0.25) is 5.89 Å². The molecule has 20 heavy (non-hydrogen) atoms. The molecule has 0 aliphatic carbocycles. The van der Waals surface area contributed by atoms with Gasteiger partial charge in [0, 0.05) is 6.42 Å². The second-order valence-corrected chi connectivity index (χ2v) is 5.41. The first-order chi connectivity index (χ1) is 9.76. The van der Waals surface area contributed by atoms with Crippen LogP contribution in [0.15, 0.2) is 28.8 Å². The van der Waals surface area contributed by atoms with Gasteiger partial charge in [-0.25, -0.2) is 0 Å². The smallest absolute Gasteiger partial charge is 0.226 e. The minimum atomic E-state index is 0.163. The van der Waals surface area contributed by atoms with Crippen LogP contribution in [-0.4, -0.2) is 23.3 Å². The normalized spacial score (nSPS) is 19.2. The molecule has 5 nitrogen and oxygen atoms in total. The van der Waals surface area contributed by atoms with E-state index in [1.807, 2.05) is 18.2 Å². The lowest BCUT2D eigenvalue weighted by Crippen LogP contribution is -2.20. The predicted octanol–water partition coefficient (Wildman–Crippen LogP) is 1.93. The molecular weight excluding hydrogens is 254 g/mol. The van der Waals surface area contributed by atoms with E-state index < -0.39 is 0 Å². The maximum atomic E-state index is 5.76. The van der Waals surface area contributed by atoms with Gasteiger partial charge in [-0.2, -0.15) is 4.98 Å². The molecule has 0 saturated heterocycles. The van der Waals surface area contributed by atoms with Crippen LogP contribution in [0.1, 0.15) is 30.1 Å². The molecule has 2 atom stereocenters. The molecule has 1 aliphatic rings. The van der Waals surface area contributed by atoms with Crippen LogP contribution in [0.2, 0.25) is 0 Å². The Kier molecular flexibility index (Phi) is 3.69. The predicted molar refractivity (Wildman–Crippen MR) is 74.6 cm³/mol. The summed E-state index contributed by atoms with van der Waals surface area (Å²) in [5, 5.41) is 4.09. The molecule has 3 rings (SSSR count). The van der Waals surface area contributed by atoms with Gasteiger partial charge in [-0.05, 0) is 30.5 Å². The quantitative estimate of drug-likeness (QED) is 0.921. The molecule has 2 heterocycles. The number of ether oxygens (including phenoxy) is 1. The lowest BCUT2D eigenvalue weighted by molar-refractivity contribution is 0.253. The Morgan fingerprint density at radius 2 is 2.25 bits per heavy atom. The number of hydrogen-bond acceptors (Lipinski definition) is 5. The van der Waals surface area contributed by atoms with Crippen LogP contribution in [0.5, 0.6) is 5.75 Å². The van der Waals surface area contributed by atoms with E-state index in [1.54, 1.807) is 0 Å². The van der Waals surface area contributed by atoms with Crippen molar-refractivity contribution in [3.05, 3.63) is 41.5 Å². The Labute approximate surface area is 118 Å². The van der Waals surface area contributed by atoms with Gasteiger partial charge in [0.25, 0.3) is 0 Å². The van der Waals surface area contributed by atoms with Gasteiger partial charge in [-0.1, -0.05) is 30.3 Å². The summed E-state index contributed by atoms with van der Waals surface area (Å²) in [6, 6.07) is 8.09. The second-order valence-electron chi connectivity index (χ2n) is 5.41. The molecule has 5 heteroatoms. The Bertz CT molecular complexity index is 582. The van der Waals surface area contributed by atoms with Crippen LogP contribution >= 0.6 is 0 Å². The number of nitrogens with zero attached hydrogens (tertiary/aromatic N) is 2. The Balaban J connectivity index is 1.72. The van der Waals surface area contributed by atoms with Crippen LogP contribution in [-0.2, 0) is 12.8 Å². The summed E-state index contributed by atoms with van der Waals surface area (Å²) in [6.07, 6.45) is 1.62. The van der Waals surface area contributed by atoms with Gasteiger partial charge in [0.05, 0.1) is 12.5 Å². The molecule has 2 N–H and O–H groups in total. The van der Waals surface area contributed by atoms with Gasteiger partial charge in [-0.15, -0.1) is 0 Å². The van der Waals surface area contributed by atoms with Crippen molar-refractivity contribution >= 4 is 0 Å². The van der Waals surface area contributed by atoms with Crippen molar-refractivity contribution in [2.45, 2.75) is 25.7 Å². The van der Waals surface area contributed by atoms with E-state index in [9.17, 15) is 0 Å². The summed E-state index contributed by atoms with van der Waals surface area (Å²) in [4.78, 5) is 4.48. The standard InChI is InChI=1S/C15H19N3O2/c1-10(8-16)6-14-17-15(18-20-14)12-7-11-4-2-3-5-13(11)19-9-12/h2-5,10,12H,6-9,16H2,1H3. The SMILES string of the molecule is CC(CN)Cc1nc(C2COc3ccccc3C2)no1. The molecule has 1 aromatic carbocycles. The fourth-order valence-corrected chi connectivity index (χ4v) is 2.39. The monoisotopic (exact) mass is 273 g/mol. The summed E-state index contributed by atoms with van der Waals surface area (Å²) in [6.45, 7) is 3.30. The molecule has 0 saturated carbocycles. The molecular formula is C15H19N3O2. The van der Waals surface area contributed by atoms with E-state index in [0.29, 0.717) is 25.0 Å². The highest BCUT2D eigenvalue weighted by molar-refractivity contribution is 5.36. The highest BCUT2D eigenvalue weighted by Crippen LogP contribution is 2.31. The van der Waals surface area contributed by atoms with E-state index in [-0.39, 0.29) is 5.92 Å². The zero-order chi connectivity index (χ0) is 13.9. The third-order valence-corrected chi connectivity index (χ3v) is 3.65. The number of benzene rings is 1. The zero-order valence-electron chi connectivity index (χ0n) is 11.6. The van der Waals surface area contributed by atoms with Crippen LogP contribution in [0, 0.1) is 5.92 Å². The van der Waals surface area contributed by atoms with Gasteiger partial charge < -0.3 is 15.0 Å². The number of para-hydroxylation sites is 1. The van der Waals surface area contributed by atoms with Crippen molar-refractivity contribution in [1.82, 2.24) is 10.1 Å². The fourth-order valence-electron chi connectivity index (χ4n) is 2.39. The van der Waals surface area contributed by atoms with E-state index in [2.05, 4.69) is 23.1 Å². The topological polar surface area (TPSA) is 74.2 Å². The Morgan fingerprint density at radius 3 is 3.10 bits per heavy atom. The first kappa shape index (κ1) is 13.1. The van der Waals surface area contributed by atoms with Crippen molar-refractivity contribution in [2.75, 3.05) is 13.2 Å². The first-order valence-electron chi connectivity index (χ1n) is 6.99. The summed E-state index contributed by atoms with van der Waals surface area (Å²) >= 11 is 0. The Hall–Kier alpha value is -1.88. The summed E-state index contributed by atoms with van der Waals surface area (Å²) in [7, 11) is 0. The largest absolute Gasteiger partial charge is 0.493 e. The van der Waals surface area contributed by atoms with Gasteiger partial charge in [-0.3, -0.25) is 0 Å². The Morgan fingerprint density at radius 1 is 1.40 bits per heavy atom. The molecule has 0 fully saturated rings. The van der Waals surface area contributed by atoms with Crippen molar-refractivity contribution in [1.29, 1.82) is 0 Å². The number of rotatable bonds is 4. The number of fused-ring (bicyclic) bond motifs is 1. The average molecular weight is 273 g/mol. The molecule has 1 aromatic heterocycles. The number of nitrogens with two attached hydrogens (primary N) is 1. The van der Waals surface area contributed by atoms with E-state index >= 15 is 0 Å². The molecule has 0 bridgehead atoms. The molecule has 1 aliphatic heterocycles. The number of aromatic nitrogens is 2. The highest BCUT2D eigenvalue weighted by atomic mass is 16.5. The van der Waals surface area contributed by atoms with Crippen molar-refractivity contribution in [3.8, 4) is 5.75 Å². The maximum Gasteiger partial charge on any atom is 0.226 e. The summed E-state index contributed by atoms with van der Waals surface area (Å²) in [5.74, 6) is 2.88. The molecule has 106 valence electrons. The third-order valence-electron chi connectivity index (χ3n) is 3.65. The van der Waals surface area contributed by atoms with Crippen LogP contribution in [0.25, 0.3) is 0 Å². The minimum Gasteiger partial charge on any atom is -0.493 e. The van der Waals surface area contributed by atoms with E-state index in [0.717, 1.165) is 24.4 Å². The van der Waals surface area contributed by atoms with E-state index in [1.165, 1.54) is 5.56 Å². The molecule has 0 spiro atoms. The summed E-state index contributed by atoms with van der Waals surface area (Å²) in [5.41, 5.74) is 6.81. The van der Waals surface area contributed by atoms with Gasteiger partial charge in [0.1, 0.15) is 5.75 Å². The van der Waals surface area contributed by atoms with Crippen molar-refractivity contribution < 1.29 is 9.26 Å². The maximum absolute atomic E-state index is 5.76. The third kappa shape index (κ3) is 2.67. The molecule has 0 radical (unpaired) electrons. The number of hydrogen-bond donors (Lipinski definition) is 1. The highest BCUT2D eigenvalue weighted by Gasteiger charge is 2.25.